The molecule has 0 radical (unpaired) electrons. The van der Waals surface area contributed by atoms with Crippen molar-refractivity contribution in [3.05, 3.63) is 106 Å². The molecule has 0 atom stereocenters. The van der Waals surface area contributed by atoms with Crippen LogP contribution in [0.2, 0.25) is 0 Å². The summed E-state index contributed by atoms with van der Waals surface area (Å²) in [6.07, 6.45) is 0. The van der Waals surface area contributed by atoms with Crippen molar-refractivity contribution >= 4 is 0 Å². The van der Waals surface area contributed by atoms with Gasteiger partial charge in [0.15, 0.2) is 0 Å². The molecule has 0 aliphatic heterocycles. The van der Waals surface area contributed by atoms with Gasteiger partial charge in [-0.25, -0.2) is 0 Å². The van der Waals surface area contributed by atoms with Crippen LogP contribution in [0, 0.1) is 37.5 Å². The molecular weight excluding hydrogens is 288 g/mol. The monoisotopic (exact) mass is 306 g/mol. The lowest BCUT2D eigenvalue weighted by Crippen LogP contribution is -1.80. The van der Waals surface area contributed by atoms with Crippen molar-refractivity contribution in [1.29, 1.82) is 0 Å². The summed E-state index contributed by atoms with van der Waals surface area (Å²) in [7, 11) is 0. The highest BCUT2D eigenvalue weighted by molar-refractivity contribution is 5.48. The van der Waals surface area contributed by atoms with Gasteiger partial charge in [-0.2, -0.15) is 0 Å². The molecule has 3 aromatic carbocycles. The van der Waals surface area contributed by atoms with Crippen molar-refractivity contribution in [2.75, 3.05) is 0 Å². The van der Waals surface area contributed by atoms with Gasteiger partial charge in [-0.3, -0.25) is 0 Å². The van der Waals surface area contributed by atoms with Crippen molar-refractivity contribution in [1.82, 2.24) is 0 Å². The van der Waals surface area contributed by atoms with Gasteiger partial charge in [0, 0.05) is 22.3 Å². The first-order chi connectivity index (χ1) is 11.7. The van der Waals surface area contributed by atoms with Crippen LogP contribution >= 0.6 is 0 Å². The van der Waals surface area contributed by atoms with Crippen LogP contribution in [0.5, 0.6) is 0 Å². The van der Waals surface area contributed by atoms with E-state index in [4.69, 9.17) is 0 Å². The first kappa shape index (κ1) is 15.7. The van der Waals surface area contributed by atoms with Crippen molar-refractivity contribution < 1.29 is 0 Å². The van der Waals surface area contributed by atoms with Gasteiger partial charge in [-0.15, -0.1) is 0 Å². The smallest absolute Gasteiger partial charge is 0.0249 e. The Morgan fingerprint density at radius 3 is 0.833 bits per heavy atom. The summed E-state index contributed by atoms with van der Waals surface area (Å²) < 4.78 is 0. The Morgan fingerprint density at radius 1 is 0.375 bits per heavy atom. The summed E-state index contributed by atoms with van der Waals surface area (Å²) in [6, 6.07) is 24.5. The summed E-state index contributed by atoms with van der Waals surface area (Å²) in [5.41, 5.74) is 6.55. The molecule has 3 aromatic rings. The number of hydrogen-bond acceptors (Lipinski definition) is 0. The van der Waals surface area contributed by atoms with E-state index in [1.807, 2.05) is 48.5 Å². The lowest BCUT2D eigenvalue weighted by molar-refractivity contribution is 1.46. The van der Waals surface area contributed by atoms with Gasteiger partial charge >= 0.3 is 0 Å². The lowest BCUT2D eigenvalue weighted by Gasteiger charge is -1.94. The van der Waals surface area contributed by atoms with E-state index >= 15 is 0 Å². The molecule has 0 aliphatic rings. The van der Waals surface area contributed by atoms with E-state index in [1.54, 1.807) is 0 Å². The average Bonchev–Trinajstić information content (AvgIpc) is 2.62. The van der Waals surface area contributed by atoms with Crippen LogP contribution < -0.4 is 0 Å². The van der Waals surface area contributed by atoms with E-state index in [0.717, 1.165) is 22.3 Å². The second-order valence-corrected chi connectivity index (χ2v) is 5.81. The first-order valence-electron chi connectivity index (χ1n) is 7.96. The topological polar surface area (TPSA) is 0 Å². The van der Waals surface area contributed by atoms with Crippen molar-refractivity contribution in [2.45, 2.75) is 13.8 Å². The molecule has 0 saturated carbocycles. The SMILES string of the molecule is Cc1ccc(C#Cc2ccc(C#Cc3ccc(C)cc3)cc2)cc1. The molecule has 0 fully saturated rings. The number of aryl methyl sites for hydroxylation is 2. The minimum Gasteiger partial charge on any atom is -0.0617 e. The predicted molar refractivity (Wildman–Crippen MR) is 101 cm³/mol. The molecule has 0 amide bonds. The fraction of sp³-hybridized carbons (Fsp3) is 0.0833. The Bertz CT molecular complexity index is 851. The zero-order valence-electron chi connectivity index (χ0n) is 13.9. The van der Waals surface area contributed by atoms with E-state index in [1.165, 1.54) is 11.1 Å². The molecule has 0 bridgehead atoms. The maximum Gasteiger partial charge on any atom is 0.0249 e. The fourth-order valence-corrected chi connectivity index (χ4v) is 2.20. The van der Waals surface area contributed by atoms with E-state index in [-0.39, 0.29) is 0 Å². The van der Waals surface area contributed by atoms with E-state index in [2.05, 4.69) is 61.8 Å². The molecule has 0 saturated heterocycles. The van der Waals surface area contributed by atoms with Gasteiger partial charge in [0.1, 0.15) is 0 Å². The van der Waals surface area contributed by atoms with Crippen LogP contribution in [0.4, 0.5) is 0 Å². The molecule has 114 valence electrons. The molecule has 3 rings (SSSR count). The third-order valence-electron chi connectivity index (χ3n) is 3.69. The zero-order chi connectivity index (χ0) is 16.8. The van der Waals surface area contributed by atoms with Crippen LogP contribution in [0.1, 0.15) is 33.4 Å². The van der Waals surface area contributed by atoms with Gasteiger partial charge in [0.25, 0.3) is 0 Å². The van der Waals surface area contributed by atoms with Crippen molar-refractivity contribution in [3.8, 4) is 23.7 Å². The molecule has 24 heavy (non-hydrogen) atoms. The Balaban J connectivity index is 1.72. The summed E-state index contributed by atoms with van der Waals surface area (Å²) in [6.45, 7) is 4.15. The van der Waals surface area contributed by atoms with E-state index in [9.17, 15) is 0 Å². The molecule has 0 aromatic heterocycles. The number of hydrogen-bond donors (Lipinski definition) is 0. The Kier molecular flexibility index (Phi) is 4.81. The quantitative estimate of drug-likeness (QED) is 0.507. The van der Waals surface area contributed by atoms with Gasteiger partial charge in [-0.1, -0.05) is 59.1 Å². The first-order valence-corrected chi connectivity index (χ1v) is 7.96. The van der Waals surface area contributed by atoms with Crippen LogP contribution in [0.15, 0.2) is 72.8 Å². The molecular formula is C24H18. The molecule has 0 N–H and O–H groups in total. The summed E-state index contributed by atoms with van der Waals surface area (Å²) in [5.74, 6) is 12.7. The van der Waals surface area contributed by atoms with E-state index in [0.29, 0.717) is 0 Å². The maximum atomic E-state index is 3.19. The highest BCUT2D eigenvalue weighted by atomic mass is 13.9. The maximum absolute atomic E-state index is 3.19. The molecule has 0 nitrogen and oxygen atoms in total. The van der Waals surface area contributed by atoms with Crippen molar-refractivity contribution in [3.63, 3.8) is 0 Å². The molecule has 0 heteroatoms. The molecule has 0 aliphatic carbocycles. The van der Waals surface area contributed by atoms with Gasteiger partial charge in [0.05, 0.1) is 0 Å². The minimum absolute atomic E-state index is 0.997. The highest BCUT2D eigenvalue weighted by Gasteiger charge is 1.91. The van der Waals surface area contributed by atoms with E-state index < -0.39 is 0 Å². The minimum atomic E-state index is 0.997. The highest BCUT2D eigenvalue weighted by Crippen LogP contribution is 2.06. The largest absolute Gasteiger partial charge is 0.0617 e. The Labute approximate surface area is 144 Å². The standard InChI is InChI=1S/C24H18/c1-19-3-7-21(8-4-19)11-13-23-15-17-24(18-16-23)14-12-22-9-5-20(2)6-10-22/h3-10,15-18H,1-2H3. The normalized spacial score (nSPS) is 9.42. The van der Waals surface area contributed by atoms with Crippen LogP contribution in [0.25, 0.3) is 0 Å². The van der Waals surface area contributed by atoms with Gasteiger partial charge < -0.3 is 0 Å². The summed E-state index contributed by atoms with van der Waals surface area (Å²) in [4.78, 5) is 0. The summed E-state index contributed by atoms with van der Waals surface area (Å²) >= 11 is 0. The molecule has 0 unspecified atom stereocenters. The number of benzene rings is 3. The lowest BCUT2D eigenvalue weighted by atomic mass is 10.1. The summed E-state index contributed by atoms with van der Waals surface area (Å²) in [5, 5.41) is 0. The van der Waals surface area contributed by atoms with Crippen LogP contribution in [-0.4, -0.2) is 0 Å². The zero-order valence-corrected chi connectivity index (χ0v) is 13.9. The third kappa shape index (κ3) is 4.39. The average molecular weight is 306 g/mol. The molecule has 0 spiro atoms. The van der Waals surface area contributed by atoms with Crippen LogP contribution in [0.3, 0.4) is 0 Å². The fourth-order valence-electron chi connectivity index (χ4n) is 2.20. The third-order valence-corrected chi connectivity index (χ3v) is 3.69. The van der Waals surface area contributed by atoms with Crippen LogP contribution in [-0.2, 0) is 0 Å². The predicted octanol–water partition coefficient (Wildman–Crippen LogP) is 5.10. The second kappa shape index (κ2) is 7.36. The number of rotatable bonds is 0. The van der Waals surface area contributed by atoms with Crippen molar-refractivity contribution in [2.24, 2.45) is 0 Å². The second-order valence-electron chi connectivity index (χ2n) is 5.81. The Morgan fingerprint density at radius 2 is 0.583 bits per heavy atom. The molecule has 0 heterocycles. The van der Waals surface area contributed by atoms with Gasteiger partial charge in [0.2, 0.25) is 0 Å². The Hall–Kier alpha value is -3.22. The van der Waals surface area contributed by atoms with Gasteiger partial charge in [-0.05, 0) is 62.4 Å².